The highest BCUT2D eigenvalue weighted by Crippen LogP contribution is 2.30. The number of nitrogens with zero attached hydrogens (tertiary/aromatic N) is 2. The summed E-state index contributed by atoms with van der Waals surface area (Å²) in [5.41, 5.74) is 6.38. The van der Waals surface area contributed by atoms with Gasteiger partial charge in [-0.1, -0.05) is 39.0 Å². The van der Waals surface area contributed by atoms with E-state index in [0.29, 0.717) is 0 Å². The minimum atomic E-state index is 0.234. The van der Waals surface area contributed by atoms with Gasteiger partial charge in [0.25, 0.3) is 0 Å². The van der Waals surface area contributed by atoms with Crippen LogP contribution in [-0.2, 0) is 0 Å². The predicted molar refractivity (Wildman–Crippen MR) is 91.6 cm³/mol. The second kappa shape index (κ2) is 8.50. The van der Waals surface area contributed by atoms with Gasteiger partial charge in [0.2, 0.25) is 0 Å². The smallest absolute Gasteiger partial charge is 0.0304 e. The molecule has 1 heterocycles. The molecule has 0 amide bonds. The summed E-state index contributed by atoms with van der Waals surface area (Å²) < 4.78 is 0. The highest BCUT2D eigenvalue weighted by molar-refractivity contribution is 4.91. The number of unbranched alkanes of at least 4 members (excludes halogenated alkanes) is 4. The van der Waals surface area contributed by atoms with Crippen molar-refractivity contribution in [2.75, 3.05) is 39.3 Å². The molecule has 0 spiro atoms. The largest absolute Gasteiger partial charge is 0.329 e. The minimum absolute atomic E-state index is 0.234. The van der Waals surface area contributed by atoms with E-state index in [1.807, 2.05) is 0 Å². The molecule has 2 aliphatic rings. The maximum atomic E-state index is 6.15. The second-order valence-corrected chi connectivity index (χ2v) is 7.60. The maximum absolute atomic E-state index is 6.15. The number of nitrogens with two attached hydrogens (primary N) is 1. The summed E-state index contributed by atoms with van der Waals surface area (Å²) in [6, 6.07) is 0. The van der Waals surface area contributed by atoms with Gasteiger partial charge in [-0.3, -0.25) is 4.90 Å². The second-order valence-electron chi connectivity index (χ2n) is 7.60. The Bertz CT molecular complexity index is 282. The standard InChI is InChI=1S/C18H37N3/c1-3-4-5-6-7-10-18(2,16-19)21-13-11-20(12-14-21)15-17-8-9-17/h17H,3-16,19H2,1-2H3. The molecule has 3 nitrogen and oxygen atoms in total. The van der Waals surface area contributed by atoms with E-state index in [2.05, 4.69) is 23.6 Å². The SMILES string of the molecule is CCCCCCCC(C)(CN)N1CCN(CC2CC2)CC1. The van der Waals surface area contributed by atoms with Crippen molar-refractivity contribution in [2.45, 2.75) is 70.8 Å². The lowest BCUT2D eigenvalue weighted by Gasteiger charge is -2.45. The van der Waals surface area contributed by atoms with Crippen LogP contribution in [0.2, 0.25) is 0 Å². The molecular formula is C18H37N3. The molecule has 2 rings (SSSR count). The van der Waals surface area contributed by atoms with E-state index < -0.39 is 0 Å². The van der Waals surface area contributed by atoms with Gasteiger partial charge < -0.3 is 10.6 Å². The Hall–Kier alpha value is -0.120. The fraction of sp³-hybridized carbons (Fsp3) is 1.00. The summed E-state index contributed by atoms with van der Waals surface area (Å²) in [4.78, 5) is 5.35. The third-order valence-electron chi connectivity index (χ3n) is 5.61. The van der Waals surface area contributed by atoms with Gasteiger partial charge in [0.15, 0.2) is 0 Å². The van der Waals surface area contributed by atoms with Crippen molar-refractivity contribution < 1.29 is 0 Å². The third kappa shape index (κ3) is 5.54. The van der Waals surface area contributed by atoms with Crippen molar-refractivity contribution in [3.63, 3.8) is 0 Å². The van der Waals surface area contributed by atoms with Gasteiger partial charge in [0.05, 0.1) is 0 Å². The van der Waals surface area contributed by atoms with Crippen LogP contribution in [-0.4, -0.2) is 54.6 Å². The molecule has 1 aliphatic heterocycles. The summed E-state index contributed by atoms with van der Waals surface area (Å²) in [5, 5.41) is 0. The molecule has 1 atom stereocenters. The fourth-order valence-corrected chi connectivity index (χ4v) is 3.63. The molecule has 21 heavy (non-hydrogen) atoms. The van der Waals surface area contributed by atoms with Crippen LogP contribution < -0.4 is 5.73 Å². The fourth-order valence-electron chi connectivity index (χ4n) is 3.63. The molecule has 0 radical (unpaired) electrons. The van der Waals surface area contributed by atoms with E-state index in [4.69, 9.17) is 5.73 Å². The first-order chi connectivity index (χ1) is 10.2. The molecular weight excluding hydrogens is 258 g/mol. The molecule has 0 aromatic carbocycles. The molecule has 0 aromatic rings. The van der Waals surface area contributed by atoms with Crippen molar-refractivity contribution in [1.82, 2.24) is 9.80 Å². The lowest BCUT2D eigenvalue weighted by molar-refractivity contribution is 0.0384. The average Bonchev–Trinajstić information content (AvgIpc) is 3.31. The van der Waals surface area contributed by atoms with Crippen LogP contribution in [0.1, 0.15) is 65.2 Å². The zero-order valence-corrected chi connectivity index (χ0v) is 14.4. The van der Waals surface area contributed by atoms with Crippen LogP contribution >= 0.6 is 0 Å². The van der Waals surface area contributed by atoms with Gasteiger partial charge in [0, 0.05) is 44.8 Å². The highest BCUT2D eigenvalue weighted by Gasteiger charge is 2.33. The Morgan fingerprint density at radius 2 is 1.67 bits per heavy atom. The summed E-state index contributed by atoms with van der Waals surface area (Å²) >= 11 is 0. The van der Waals surface area contributed by atoms with E-state index in [0.717, 1.165) is 12.5 Å². The van der Waals surface area contributed by atoms with Gasteiger partial charge in [-0.05, 0) is 32.1 Å². The lowest BCUT2D eigenvalue weighted by atomic mass is 9.91. The zero-order chi connectivity index (χ0) is 15.1. The number of hydrogen-bond donors (Lipinski definition) is 1. The molecule has 1 saturated heterocycles. The number of rotatable bonds is 10. The van der Waals surface area contributed by atoms with E-state index >= 15 is 0 Å². The number of piperazine rings is 1. The molecule has 0 aromatic heterocycles. The summed E-state index contributed by atoms with van der Waals surface area (Å²) in [6.07, 6.45) is 11.1. The van der Waals surface area contributed by atoms with Crippen molar-refractivity contribution >= 4 is 0 Å². The summed E-state index contributed by atoms with van der Waals surface area (Å²) in [7, 11) is 0. The van der Waals surface area contributed by atoms with E-state index in [1.54, 1.807) is 0 Å². The van der Waals surface area contributed by atoms with Crippen LogP contribution in [0.15, 0.2) is 0 Å². The van der Waals surface area contributed by atoms with E-state index in [-0.39, 0.29) is 5.54 Å². The van der Waals surface area contributed by atoms with Gasteiger partial charge in [-0.2, -0.15) is 0 Å². The normalized spacial score (nSPS) is 24.1. The number of hydrogen-bond acceptors (Lipinski definition) is 3. The maximum Gasteiger partial charge on any atom is 0.0304 e. The topological polar surface area (TPSA) is 32.5 Å². The van der Waals surface area contributed by atoms with Crippen LogP contribution in [0, 0.1) is 5.92 Å². The molecule has 3 heteroatoms. The van der Waals surface area contributed by atoms with Gasteiger partial charge in [-0.25, -0.2) is 0 Å². The van der Waals surface area contributed by atoms with Crippen molar-refractivity contribution in [3.8, 4) is 0 Å². The Balaban J connectivity index is 1.69. The minimum Gasteiger partial charge on any atom is -0.329 e. The first-order valence-electron chi connectivity index (χ1n) is 9.35. The lowest BCUT2D eigenvalue weighted by Crippen LogP contribution is -2.58. The summed E-state index contributed by atoms with van der Waals surface area (Å²) in [6.45, 7) is 11.8. The zero-order valence-electron chi connectivity index (χ0n) is 14.4. The monoisotopic (exact) mass is 295 g/mol. The molecule has 1 unspecified atom stereocenters. The Morgan fingerprint density at radius 3 is 2.24 bits per heavy atom. The van der Waals surface area contributed by atoms with Gasteiger partial charge in [0.1, 0.15) is 0 Å². The third-order valence-corrected chi connectivity index (χ3v) is 5.61. The summed E-state index contributed by atoms with van der Waals surface area (Å²) in [5.74, 6) is 1.02. The Kier molecular flexibility index (Phi) is 6.97. The van der Waals surface area contributed by atoms with Crippen LogP contribution in [0.4, 0.5) is 0 Å². The van der Waals surface area contributed by atoms with Gasteiger partial charge >= 0.3 is 0 Å². The first-order valence-corrected chi connectivity index (χ1v) is 9.35. The van der Waals surface area contributed by atoms with Crippen LogP contribution in [0.5, 0.6) is 0 Å². The molecule has 1 saturated carbocycles. The predicted octanol–water partition coefficient (Wildman–Crippen LogP) is 3.09. The van der Waals surface area contributed by atoms with E-state index in [1.165, 1.54) is 84.1 Å². The van der Waals surface area contributed by atoms with Crippen molar-refractivity contribution in [1.29, 1.82) is 0 Å². The van der Waals surface area contributed by atoms with Crippen molar-refractivity contribution in [3.05, 3.63) is 0 Å². The molecule has 2 N–H and O–H groups in total. The molecule has 0 bridgehead atoms. The van der Waals surface area contributed by atoms with Gasteiger partial charge in [-0.15, -0.1) is 0 Å². The van der Waals surface area contributed by atoms with Crippen LogP contribution in [0.25, 0.3) is 0 Å². The van der Waals surface area contributed by atoms with E-state index in [9.17, 15) is 0 Å². The Labute approximate surface area is 132 Å². The average molecular weight is 296 g/mol. The van der Waals surface area contributed by atoms with Crippen molar-refractivity contribution in [2.24, 2.45) is 11.7 Å². The van der Waals surface area contributed by atoms with Crippen LogP contribution in [0.3, 0.4) is 0 Å². The highest BCUT2D eigenvalue weighted by atomic mass is 15.3. The first kappa shape index (κ1) is 17.2. The Morgan fingerprint density at radius 1 is 1.00 bits per heavy atom. The molecule has 2 fully saturated rings. The molecule has 124 valence electrons. The molecule has 1 aliphatic carbocycles. The quantitative estimate of drug-likeness (QED) is 0.629.